The first-order valence-corrected chi connectivity index (χ1v) is 42.4. The van der Waals surface area contributed by atoms with Crippen molar-refractivity contribution < 1.29 is 95.2 Å². The fourth-order valence-electron chi connectivity index (χ4n) is 11.8. The highest BCUT2D eigenvalue weighted by Crippen LogP contribution is 2.35. The van der Waals surface area contributed by atoms with Crippen molar-refractivity contribution in [3.05, 3.63) is 384 Å². The molecule has 0 fully saturated rings. The van der Waals surface area contributed by atoms with Crippen molar-refractivity contribution in [1.29, 1.82) is 0 Å². The first-order chi connectivity index (χ1) is 68.7. The molecule has 0 saturated carbocycles. The molecule has 15 N–H and O–H groups in total. The minimum atomic E-state index is -0.585. The lowest BCUT2D eigenvalue weighted by molar-refractivity contribution is 0.0944. The summed E-state index contributed by atoms with van der Waals surface area (Å²) in [6.45, 7) is 4.69. The van der Waals surface area contributed by atoms with E-state index in [0.717, 1.165) is 11.1 Å². The standard InChI is InChI=1S/C29H21N5O5.C26H24N4O4.C24H18N6O6.C23H17N5O5/c30-25(35)20-8-14-23(15-9-20)38-28-32-27(33-29(34-28)39-24-16-10-21(11-17-24)26(31)36)37-22-12-6-19(7-13-22)18-4-2-1-3-5-18;1-18(2)17-27-23(31)19-13-15-22(16-14-19)34-26-29-24(32-20-9-5-3-6-10-20)28-25(30-26)33-21-11-7-4-8-12-21;25-19(31)13-1-7-16(8-2-13)34-22-28-23(35-17-9-3-14(4-10-17)20(26)32)30-24(29-22)36-18-11-5-15(6-12-18)21(27)33;24-19(29)14-6-10-17(11-7-14)32-22-26-21(31-16-4-2-1-3-5-16)27-23(28-22)33-18-12-8-15(9-13-18)20(25)30/h1-17H,(H2,30,35)(H2,31,36);3-16,18H,17H2,1-2H3,(H,27,31);1-12H,(H2,25,31)(H2,26,32)(H2,27,33);1-13H,(H2,24,29)(H2,25,30). The molecular weight excluding hydrogens is 1830 g/mol. The van der Waals surface area contributed by atoms with Crippen molar-refractivity contribution in [3.8, 4) is 152 Å². The molecular formula is C102H80N20O20. The SMILES string of the molecule is CC(C)CNC(=O)c1ccc(Oc2nc(Oc3ccccc3)nc(Oc3ccccc3)n2)cc1.NC(=O)c1ccc(Oc2nc(Oc3ccc(C(N)=O)cc3)nc(Oc3ccc(-c4ccccc4)cc3)n2)cc1.NC(=O)c1ccc(Oc2nc(Oc3ccc(C(N)=O)cc3)nc(Oc3ccc(C(N)=O)cc3)n2)cc1.NC(=O)c1ccc(Oc2nc(Oc3ccccc3)nc(Oc3ccc(C(N)=O)cc3)n2)cc1. The van der Waals surface area contributed by atoms with Crippen LogP contribution in [0, 0.1) is 5.92 Å². The van der Waals surface area contributed by atoms with E-state index in [-0.39, 0.29) is 78.0 Å². The molecule has 0 aliphatic carbocycles. The number of hydrogen-bond donors (Lipinski definition) is 8. The zero-order valence-electron chi connectivity index (χ0n) is 74.7. The number of aromatic nitrogens is 12. The van der Waals surface area contributed by atoms with Gasteiger partial charge in [0.2, 0.25) is 41.4 Å². The molecule has 0 radical (unpaired) electrons. The minimum Gasteiger partial charge on any atom is -0.424 e. The van der Waals surface area contributed by atoms with Gasteiger partial charge >= 0.3 is 72.1 Å². The summed E-state index contributed by atoms with van der Waals surface area (Å²) in [5.74, 6) is 1.10. The van der Waals surface area contributed by atoms with Gasteiger partial charge in [-0.05, 0) is 260 Å². The average molecular weight is 1910 g/mol. The minimum absolute atomic E-state index is 0.0103. The van der Waals surface area contributed by atoms with Crippen LogP contribution in [0.15, 0.2) is 340 Å². The number of hydrogen-bond acceptors (Lipinski definition) is 32. The Morgan fingerprint density at radius 1 is 0.190 bits per heavy atom. The Morgan fingerprint density at radius 3 is 0.479 bits per heavy atom. The first-order valence-electron chi connectivity index (χ1n) is 42.4. The lowest BCUT2D eigenvalue weighted by atomic mass is 10.1. The van der Waals surface area contributed by atoms with E-state index in [9.17, 15) is 38.4 Å². The quantitative estimate of drug-likeness (QED) is 0.0183. The fourth-order valence-corrected chi connectivity index (χ4v) is 11.8. The number of nitrogens with zero attached hydrogens (tertiary/aromatic N) is 12. The smallest absolute Gasteiger partial charge is 0.331 e. The van der Waals surface area contributed by atoms with Crippen LogP contribution < -0.4 is 102 Å². The van der Waals surface area contributed by atoms with Crippen LogP contribution >= 0.6 is 0 Å². The molecule has 0 aliphatic rings. The molecule has 0 atom stereocenters. The molecule has 4 heterocycles. The number of carbonyl (C=O) groups excluding carboxylic acids is 8. The molecule has 40 nitrogen and oxygen atoms in total. The number of amides is 8. The molecule has 0 aliphatic heterocycles. The molecule has 0 bridgehead atoms. The maximum absolute atomic E-state index is 12.2. The van der Waals surface area contributed by atoms with E-state index >= 15 is 0 Å². The molecule has 17 rings (SSSR count). The van der Waals surface area contributed by atoms with Crippen LogP contribution in [0.25, 0.3) is 11.1 Å². The Bertz CT molecular complexity index is 6860. The fraction of sp³-hybridized carbons (Fsp3) is 0.0392. The molecule has 708 valence electrons. The summed E-state index contributed by atoms with van der Waals surface area (Å²) in [4.78, 5) is 142. The number of primary amides is 7. The summed E-state index contributed by atoms with van der Waals surface area (Å²) in [5, 5.41) is 2.88. The van der Waals surface area contributed by atoms with Gasteiger partial charge in [0.1, 0.15) is 69.0 Å². The van der Waals surface area contributed by atoms with Gasteiger partial charge in [0.05, 0.1) is 0 Å². The maximum atomic E-state index is 12.2. The highest BCUT2D eigenvalue weighted by molar-refractivity contribution is 5.97. The maximum Gasteiger partial charge on any atom is 0.331 e. The van der Waals surface area contributed by atoms with E-state index in [1.807, 2.05) is 98.8 Å². The van der Waals surface area contributed by atoms with Crippen molar-refractivity contribution in [1.82, 2.24) is 65.1 Å². The number of carbonyl (C=O) groups is 8. The number of ether oxygens (including phenoxy) is 12. The van der Waals surface area contributed by atoms with Crippen LogP contribution in [-0.4, -0.2) is 114 Å². The third-order valence-electron chi connectivity index (χ3n) is 18.8. The van der Waals surface area contributed by atoms with Crippen LogP contribution in [0.3, 0.4) is 0 Å². The van der Waals surface area contributed by atoms with Crippen molar-refractivity contribution in [2.24, 2.45) is 46.1 Å². The number of para-hydroxylation sites is 3. The molecule has 13 aromatic carbocycles. The number of benzene rings is 13. The van der Waals surface area contributed by atoms with Gasteiger partial charge in [-0.25, -0.2) is 0 Å². The van der Waals surface area contributed by atoms with E-state index in [0.29, 0.717) is 126 Å². The molecule has 0 saturated heterocycles. The van der Waals surface area contributed by atoms with Crippen molar-refractivity contribution >= 4 is 47.3 Å². The second kappa shape index (κ2) is 47.3. The van der Waals surface area contributed by atoms with Crippen molar-refractivity contribution in [3.63, 3.8) is 0 Å². The van der Waals surface area contributed by atoms with Crippen LogP contribution in [0.4, 0.5) is 0 Å². The Balaban J connectivity index is 0.000000151. The first kappa shape index (κ1) is 97.3. The predicted molar refractivity (Wildman–Crippen MR) is 510 cm³/mol. The second-order valence-electron chi connectivity index (χ2n) is 29.6. The molecule has 17 aromatic rings. The lowest BCUT2D eigenvalue weighted by Crippen LogP contribution is -2.27. The van der Waals surface area contributed by atoms with Gasteiger partial charge in [-0.15, -0.1) is 59.8 Å². The number of nitrogens with two attached hydrogens (primary N) is 7. The molecule has 142 heavy (non-hydrogen) atoms. The van der Waals surface area contributed by atoms with Gasteiger partial charge in [-0.1, -0.05) is 111 Å². The summed E-state index contributed by atoms with van der Waals surface area (Å²) in [6, 6.07) is 92.6. The second-order valence-corrected chi connectivity index (χ2v) is 29.6. The van der Waals surface area contributed by atoms with Gasteiger partial charge in [0, 0.05) is 51.1 Å². The third kappa shape index (κ3) is 29.4. The lowest BCUT2D eigenvalue weighted by Gasteiger charge is -2.10. The van der Waals surface area contributed by atoms with Gasteiger partial charge in [-0.3, -0.25) is 38.4 Å². The Morgan fingerprint density at radius 2 is 0.324 bits per heavy atom. The zero-order valence-corrected chi connectivity index (χ0v) is 74.7. The van der Waals surface area contributed by atoms with Crippen LogP contribution in [-0.2, 0) is 0 Å². The van der Waals surface area contributed by atoms with Crippen molar-refractivity contribution in [2.45, 2.75) is 13.8 Å². The third-order valence-corrected chi connectivity index (χ3v) is 18.8. The molecule has 40 heteroatoms. The number of nitrogens with one attached hydrogen (secondary N) is 1. The summed E-state index contributed by atoms with van der Waals surface area (Å²) in [6.07, 6.45) is 0. The summed E-state index contributed by atoms with van der Waals surface area (Å²) in [7, 11) is 0. The Kier molecular flexibility index (Phi) is 32.4. The highest BCUT2D eigenvalue weighted by Gasteiger charge is 2.22. The van der Waals surface area contributed by atoms with E-state index in [1.54, 1.807) is 133 Å². The van der Waals surface area contributed by atoms with Gasteiger partial charge in [-0.2, -0.15) is 0 Å². The van der Waals surface area contributed by atoms with Crippen LogP contribution in [0.2, 0.25) is 0 Å². The van der Waals surface area contributed by atoms with Crippen LogP contribution in [0.5, 0.6) is 141 Å². The molecule has 0 spiro atoms. The Labute approximate surface area is 806 Å². The van der Waals surface area contributed by atoms with E-state index in [2.05, 4.69) is 65.1 Å². The number of rotatable bonds is 35. The zero-order chi connectivity index (χ0) is 99.8. The monoisotopic (exact) mass is 1900 g/mol. The normalized spacial score (nSPS) is 10.4. The molecule has 8 amide bonds. The highest BCUT2D eigenvalue weighted by atomic mass is 16.6. The topological polar surface area (TPSA) is 596 Å². The largest absolute Gasteiger partial charge is 0.424 e. The molecule has 4 aromatic heterocycles. The van der Waals surface area contributed by atoms with Gasteiger partial charge < -0.3 is 102 Å². The summed E-state index contributed by atoms with van der Waals surface area (Å²) in [5.41, 5.74) is 41.7. The predicted octanol–water partition coefficient (Wildman–Crippen LogP) is 16.7. The van der Waals surface area contributed by atoms with Gasteiger partial charge in [0.15, 0.2) is 0 Å². The summed E-state index contributed by atoms with van der Waals surface area (Å²) < 4.78 is 68.8. The van der Waals surface area contributed by atoms with E-state index in [4.69, 9.17) is 97.0 Å². The van der Waals surface area contributed by atoms with E-state index < -0.39 is 41.4 Å². The average Bonchev–Trinajstić information content (AvgIpc) is 0.836. The van der Waals surface area contributed by atoms with Crippen molar-refractivity contribution in [2.75, 3.05) is 6.54 Å². The van der Waals surface area contributed by atoms with Crippen LogP contribution in [0.1, 0.15) is 96.7 Å². The summed E-state index contributed by atoms with van der Waals surface area (Å²) >= 11 is 0. The Hall–Kier alpha value is -20.7. The molecule has 0 unspecified atom stereocenters. The van der Waals surface area contributed by atoms with E-state index in [1.165, 1.54) is 121 Å². The van der Waals surface area contributed by atoms with Gasteiger partial charge in [0.25, 0.3) is 5.91 Å².